The minimum atomic E-state index is -3.24. The Labute approximate surface area is 119 Å². The monoisotopic (exact) mass is 296 g/mol. The molecule has 2 rings (SSSR count). The van der Waals surface area contributed by atoms with Crippen LogP contribution in [0.25, 0.3) is 0 Å². The van der Waals surface area contributed by atoms with Crippen LogP contribution in [-0.4, -0.2) is 25.7 Å². The topological polar surface area (TPSA) is 71.4 Å². The van der Waals surface area contributed by atoms with Gasteiger partial charge in [-0.05, 0) is 30.0 Å². The smallest absolute Gasteiger partial charge is 0.310 e. The molecule has 0 radical (unpaired) electrons. The Morgan fingerprint density at radius 1 is 1.25 bits per heavy atom. The molecule has 1 aliphatic carbocycles. The number of rotatable bonds is 5. The molecule has 0 spiro atoms. The van der Waals surface area contributed by atoms with Crippen LogP contribution in [0, 0.1) is 5.92 Å². The first-order valence-electron chi connectivity index (χ1n) is 6.91. The first kappa shape index (κ1) is 15.0. The first-order chi connectivity index (χ1) is 9.38. The lowest BCUT2D eigenvalue weighted by molar-refractivity contribution is -0.139. The van der Waals surface area contributed by atoms with Gasteiger partial charge in [0.15, 0.2) is 9.84 Å². The Bertz CT molecular complexity index is 568. The lowest BCUT2D eigenvalue weighted by atomic mass is 9.88. The molecule has 0 aromatic heterocycles. The molecule has 0 amide bonds. The molecule has 1 atom stereocenters. The Balaban J connectivity index is 2.19. The van der Waals surface area contributed by atoms with Crippen LogP contribution in [0.5, 0.6) is 0 Å². The van der Waals surface area contributed by atoms with Gasteiger partial charge in [0.1, 0.15) is 0 Å². The SMILES string of the molecule is CS(=O)(=O)c1ccc([C@H](CC2CCCC2)C(=O)O)cc1. The summed E-state index contributed by atoms with van der Waals surface area (Å²) in [4.78, 5) is 11.7. The zero-order chi connectivity index (χ0) is 14.8. The van der Waals surface area contributed by atoms with Crippen LogP contribution < -0.4 is 0 Å². The third-order valence-electron chi connectivity index (χ3n) is 4.05. The van der Waals surface area contributed by atoms with Crippen molar-refractivity contribution < 1.29 is 18.3 Å². The van der Waals surface area contributed by atoms with Gasteiger partial charge in [-0.15, -0.1) is 0 Å². The molecule has 1 N–H and O–H groups in total. The van der Waals surface area contributed by atoms with Crippen molar-refractivity contribution in [2.24, 2.45) is 5.92 Å². The van der Waals surface area contributed by atoms with Crippen molar-refractivity contribution in [3.05, 3.63) is 29.8 Å². The summed E-state index contributed by atoms with van der Waals surface area (Å²) >= 11 is 0. The van der Waals surface area contributed by atoms with E-state index >= 15 is 0 Å². The van der Waals surface area contributed by atoms with Gasteiger partial charge in [-0.1, -0.05) is 37.8 Å². The number of sulfone groups is 1. The quantitative estimate of drug-likeness (QED) is 0.907. The second kappa shape index (κ2) is 5.95. The van der Waals surface area contributed by atoms with Crippen molar-refractivity contribution in [1.82, 2.24) is 0 Å². The lowest BCUT2D eigenvalue weighted by Gasteiger charge is -2.17. The standard InChI is InChI=1S/C15H20O4S/c1-20(18,19)13-8-6-12(7-9-13)14(15(16)17)10-11-4-2-3-5-11/h6-9,11,14H,2-5,10H2,1H3,(H,16,17)/t14-/m0/s1. The molecule has 1 fully saturated rings. The van der Waals surface area contributed by atoms with Crippen LogP contribution in [0.4, 0.5) is 0 Å². The molecule has 110 valence electrons. The van der Waals surface area contributed by atoms with Crippen molar-refractivity contribution in [3.63, 3.8) is 0 Å². The number of carboxylic acids is 1. The Morgan fingerprint density at radius 3 is 2.25 bits per heavy atom. The molecule has 1 aromatic carbocycles. The van der Waals surface area contributed by atoms with Crippen LogP contribution in [0.2, 0.25) is 0 Å². The zero-order valence-corrected chi connectivity index (χ0v) is 12.4. The molecular formula is C15H20O4S. The predicted octanol–water partition coefficient (Wildman–Crippen LogP) is 2.84. The van der Waals surface area contributed by atoms with Crippen molar-refractivity contribution in [1.29, 1.82) is 0 Å². The van der Waals surface area contributed by atoms with Crippen molar-refractivity contribution in [2.45, 2.75) is 42.9 Å². The van der Waals surface area contributed by atoms with Crippen molar-refractivity contribution in [3.8, 4) is 0 Å². The molecule has 0 unspecified atom stereocenters. The highest BCUT2D eigenvalue weighted by molar-refractivity contribution is 7.90. The number of hydrogen-bond donors (Lipinski definition) is 1. The van der Waals surface area contributed by atoms with E-state index in [-0.39, 0.29) is 4.90 Å². The van der Waals surface area contributed by atoms with E-state index in [1.165, 1.54) is 25.0 Å². The highest BCUT2D eigenvalue weighted by Gasteiger charge is 2.26. The molecule has 1 saturated carbocycles. The van der Waals surface area contributed by atoms with Gasteiger partial charge in [-0.3, -0.25) is 4.79 Å². The maximum absolute atomic E-state index is 11.5. The largest absolute Gasteiger partial charge is 0.481 e. The van der Waals surface area contributed by atoms with Gasteiger partial charge < -0.3 is 5.11 Å². The van der Waals surface area contributed by atoms with E-state index in [0.717, 1.165) is 19.1 Å². The molecule has 4 nitrogen and oxygen atoms in total. The van der Waals surface area contributed by atoms with E-state index in [1.54, 1.807) is 12.1 Å². The summed E-state index contributed by atoms with van der Waals surface area (Å²) in [5.74, 6) is -0.888. The Morgan fingerprint density at radius 2 is 1.80 bits per heavy atom. The van der Waals surface area contributed by atoms with Gasteiger partial charge in [0.2, 0.25) is 0 Å². The van der Waals surface area contributed by atoms with Crippen LogP contribution in [0.3, 0.4) is 0 Å². The average molecular weight is 296 g/mol. The number of carbonyl (C=O) groups is 1. The second-order valence-electron chi connectivity index (χ2n) is 5.62. The number of carboxylic acid groups (broad SMARTS) is 1. The zero-order valence-electron chi connectivity index (χ0n) is 11.6. The highest BCUT2D eigenvalue weighted by Crippen LogP contribution is 2.34. The van der Waals surface area contributed by atoms with Crippen LogP contribution >= 0.6 is 0 Å². The lowest BCUT2D eigenvalue weighted by Crippen LogP contribution is -2.15. The number of benzene rings is 1. The average Bonchev–Trinajstić information content (AvgIpc) is 2.87. The fourth-order valence-corrected chi connectivity index (χ4v) is 3.54. The summed E-state index contributed by atoms with van der Waals surface area (Å²) in [6.07, 6.45) is 6.37. The molecule has 0 saturated heterocycles. The predicted molar refractivity (Wildman–Crippen MR) is 76.5 cm³/mol. The molecule has 5 heteroatoms. The van der Waals surface area contributed by atoms with Gasteiger partial charge in [0.05, 0.1) is 10.8 Å². The number of aliphatic carboxylic acids is 1. The second-order valence-corrected chi connectivity index (χ2v) is 7.63. The molecular weight excluding hydrogens is 276 g/mol. The fraction of sp³-hybridized carbons (Fsp3) is 0.533. The summed E-state index contributed by atoms with van der Waals surface area (Å²) in [7, 11) is -3.24. The fourth-order valence-electron chi connectivity index (χ4n) is 2.91. The summed E-state index contributed by atoms with van der Waals surface area (Å²) < 4.78 is 22.8. The van der Waals surface area contributed by atoms with Crippen molar-refractivity contribution in [2.75, 3.05) is 6.26 Å². The normalized spacial score (nSPS) is 18.1. The third kappa shape index (κ3) is 3.60. The van der Waals surface area contributed by atoms with Crippen LogP contribution in [-0.2, 0) is 14.6 Å². The molecule has 0 bridgehead atoms. The minimum Gasteiger partial charge on any atom is -0.481 e. The summed E-state index contributed by atoms with van der Waals surface area (Å²) in [5, 5.41) is 9.40. The van der Waals surface area contributed by atoms with Crippen molar-refractivity contribution >= 4 is 15.8 Å². The van der Waals surface area contributed by atoms with Gasteiger partial charge in [0.25, 0.3) is 0 Å². The van der Waals surface area contributed by atoms with Crippen LogP contribution in [0.15, 0.2) is 29.2 Å². The molecule has 1 aromatic rings. The van der Waals surface area contributed by atoms with Gasteiger partial charge >= 0.3 is 5.97 Å². The van der Waals surface area contributed by atoms with E-state index < -0.39 is 21.7 Å². The molecule has 1 aliphatic rings. The summed E-state index contributed by atoms with van der Waals surface area (Å²) in [6, 6.07) is 6.25. The van der Waals surface area contributed by atoms with E-state index in [9.17, 15) is 18.3 Å². The molecule has 0 heterocycles. The maximum atomic E-state index is 11.5. The van der Waals surface area contributed by atoms with Crippen LogP contribution in [0.1, 0.15) is 43.6 Å². The minimum absolute atomic E-state index is 0.228. The Hall–Kier alpha value is -1.36. The Kier molecular flexibility index (Phi) is 4.48. The van der Waals surface area contributed by atoms with Gasteiger partial charge in [0, 0.05) is 6.26 Å². The van der Waals surface area contributed by atoms with E-state index in [1.807, 2.05) is 0 Å². The molecule has 20 heavy (non-hydrogen) atoms. The van der Waals surface area contributed by atoms with Gasteiger partial charge in [-0.2, -0.15) is 0 Å². The van der Waals surface area contributed by atoms with E-state index in [4.69, 9.17) is 0 Å². The summed E-state index contributed by atoms with van der Waals surface area (Å²) in [6.45, 7) is 0. The van der Waals surface area contributed by atoms with Gasteiger partial charge in [-0.25, -0.2) is 8.42 Å². The first-order valence-corrected chi connectivity index (χ1v) is 8.80. The van der Waals surface area contributed by atoms with E-state index in [2.05, 4.69) is 0 Å². The summed E-state index contributed by atoms with van der Waals surface area (Å²) in [5.41, 5.74) is 0.691. The highest BCUT2D eigenvalue weighted by atomic mass is 32.2. The molecule has 0 aliphatic heterocycles. The maximum Gasteiger partial charge on any atom is 0.310 e. The number of hydrogen-bond acceptors (Lipinski definition) is 3. The third-order valence-corrected chi connectivity index (χ3v) is 5.18. The van der Waals surface area contributed by atoms with E-state index in [0.29, 0.717) is 17.9 Å².